The van der Waals surface area contributed by atoms with E-state index >= 15 is 0 Å². The molecule has 1 N–H and O–H groups in total. The fourth-order valence-electron chi connectivity index (χ4n) is 1.07. The Hall–Kier alpha value is -0.540. The van der Waals surface area contributed by atoms with E-state index in [2.05, 4.69) is 5.32 Å². The zero-order chi connectivity index (χ0) is 11.6. The second-order valence-electron chi connectivity index (χ2n) is 3.35. The third-order valence-corrected chi connectivity index (χ3v) is 2.73. The molecule has 0 saturated carbocycles. The summed E-state index contributed by atoms with van der Waals surface area (Å²) in [4.78, 5) is 0. The number of benzene rings is 1. The van der Waals surface area contributed by atoms with Gasteiger partial charge in [-0.1, -0.05) is 23.2 Å². The molecule has 0 saturated heterocycles. The molecule has 1 unspecified atom stereocenters. The van der Waals surface area contributed by atoms with Crippen molar-refractivity contribution in [2.24, 2.45) is 0 Å². The molecule has 1 atom stereocenters. The van der Waals surface area contributed by atoms with Crippen LogP contribution < -0.4 is 5.32 Å². The van der Waals surface area contributed by atoms with Crippen LogP contribution in [0.25, 0.3) is 0 Å². The van der Waals surface area contributed by atoms with Crippen LogP contribution in [0.2, 0.25) is 10.0 Å². The Morgan fingerprint density at radius 2 is 1.80 bits per heavy atom. The van der Waals surface area contributed by atoms with E-state index in [1.54, 1.807) is 19.1 Å². The van der Waals surface area contributed by atoms with Crippen molar-refractivity contribution in [1.82, 2.24) is 0 Å². The average molecular weight is 254 g/mol. The first-order valence-electron chi connectivity index (χ1n) is 4.42. The summed E-state index contributed by atoms with van der Waals surface area (Å²) >= 11 is 11.7. The molecule has 0 aliphatic carbocycles. The van der Waals surface area contributed by atoms with E-state index in [1.165, 1.54) is 6.92 Å². The third kappa shape index (κ3) is 3.21. The largest absolute Gasteiger partial charge is 0.376 e. The number of alkyl halides is 2. The van der Waals surface area contributed by atoms with E-state index in [-0.39, 0.29) is 0 Å². The highest BCUT2D eigenvalue weighted by Crippen LogP contribution is 2.29. The molecule has 1 aromatic carbocycles. The highest BCUT2D eigenvalue weighted by Gasteiger charge is 2.15. The molecule has 1 aromatic rings. The molecular formula is C10H11Cl2F2N. The van der Waals surface area contributed by atoms with Gasteiger partial charge in [-0.2, -0.15) is 0 Å². The summed E-state index contributed by atoms with van der Waals surface area (Å²) in [6.45, 7) is 3.18. The van der Waals surface area contributed by atoms with E-state index in [0.717, 1.165) is 5.56 Å². The lowest BCUT2D eigenvalue weighted by Crippen LogP contribution is -2.23. The maximum Gasteiger partial charge on any atom is 0.258 e. The van der Waals surface area contributed by atoms with Crippen LogP contribution in [0, 0.1) is 6.92 Å². The molecule has 0 amide bonds. The Bertz CT molecular complexity index is 356. The van der Waals surface area contributed by atoms with Crippen molar-refractivity contribution < 1.29 is 8.78 Å². The number of nitrogens with one attached hydrogen (secondary N) is 1. The minimum atomic E-state index is -2.44. The highest BCUT2D eigenvalue weighted by molar-refractivity contribution is 6.35. The van der Waals surface area contributed by atoms with Crippen molar-refractivity contribution in [1.29, 1.82) is 0 Å². The van der Waals surface area contributed by atoms with E-state index in [4.69, 9.17) is 23.2 Å². The molecular weight excluding hydrogens is 243 g/mol. The van der Waals surface area contributed by atoms with Crippen molar-refractivity contribution in [3.8, 4) is 0 Å². The van der Waals surface area contributed by atoms with Crippen LogP contribution in [0.15, 0.2) is 12.1 Å². The van der Waals surface area contributed by atoms with Gasteiger partial charge in [0.2, 0.25) is 0 Å². The lowest BCUT2D eigenvalue weighted by atomic mass is 10.2. The summed E-state index contributed by atoms with van der Waals surface area (Å²) in [6, 6.07) is 2.24. The Balaban J connectivity index is 2.91. The third-order valence-electron chi connectivity index (χ3n) is 2.01. The van der Waals surface area contributed by atoms with Gasteiger partial charge in [0.25, 0.3) is 6.43 Å². The van der Waals surface area contributed by atoms with Gasteiger partial charge in [0.05, 0.1) is 16.8 Å². The van der Waals surface area contributed by atoms with E-state index in [9.17, 15) is 8.78 Å². The quantitative estimate of drug-likeness (QED) is 0.844. The average Bonchev–Trinajstić information content (AvgIpc) is 2.13. The SMILES string of the molecule is Cc1cc(Cl)c(NC(C)C(F)F)cc1Cl. The van der Waals surface area contributed by atoms with E-state index < -0.39 is 12.5 Å². The zero-order valence-corrected chi connectivity index (χ0v) is 9.83. The number of halogens is 4. The van der Waals surface area contributed by atoms with Gasteiger partial charge in [0.15, 0.2) is 0 Å². The van der Waals surface area contributed by atoms with Crippen LogP contribution in [0.3, 0.4) is 0 Å². The van der Waals surface area contributed by atoms with Gasteiger partial charge >= 0.3 is 0 Å². The van der Waals surface area contributed by atoms with Crippen molar-refractivity contribution in [2.45, 2.75) is 26.3 Å². The van der Waals surface area contributed by atoms with Crippen LogP contribution in [0.4, 0.5) is 14.5 Å². The number of anilines is 1. The molecule has 0 spiro atoms. The Kier molecular flexibility index (Phi) is 4.17. The molecule has 0 radical (unpaired) electrons. The lowest BCUT2D eigenvalue weighted by Gasteiger charge is -2.16. The predicted octanol–water partition coefficient (Wildman–Crippen LogP) is 4.37. The van der Waals surface area contributed by atoms with Crippen LogP contribution in [-0.4, -0.2) is 12.5 Å². The van der Waals surface area contributed by atoms with Gasteiger partial charge in [-0.15, -0.1) is 0 Å². The minimum absolute atomic E-state index is 0.393. The normalized spacial score (nSPS) is 13.0. The Morgan fingerprint density at radius 1 is 1.20 bits per heavy atom. The summed E-state index contributed by atoms with van der Waals surface area (Å²) in [6.07, 6.45) is -2.44. The van der Waals surface area contributed by atoms with E-state index in [1.807, 2.05) is 0 Å². The second kappa shape index (κ2) is 4.99. The molecule has 84 valence electrons. The van der Waals surface area contributed by atoms with Crippen LogP contribution in [0.1, 0.15) is 12.5 Å². The molecule has 0 bridgehead atoms. The van der Waals surface area contributed by atoms with Gasteiger partial charge in [-0.3, -0.25) is 0 Å². The van der Waals surface area contributed by atoms with E-state index in [0.29, 0.717) is 15.7 Å². The fourth-order valence-corrected chi connectivity index (χ4v) is 1.50. The zero-order valence-electron chi connectivity index (χ0n) is 8.32. The molecule has 0 aliphatic heterocycles. The van der Waals surface area contributed by atoms with Crippen molar-refractivity contribution in [2.75, 3.05) is 5.32 Å². The number of aryl methyl sites for hydroxylation is 1. The first kappa shape index (κ1) is 12.5. The first-order chi connectivity index (χ1) is 6.91. The molecule has 0 aromatic heterocycles. The standard InChI is InChI=1S/C10H11Cl2F2N/c1-5-3-8(12)9(4-7(5)11)15-6(2)10(13)14/h3-4,6,10,15H,1-2H3. The van der Waals surface area contributed by atoms with Gasteiger partial charge < -0.3 is 5.32 Å². The Morgan fingerprint density at radius 3 is 2.33 bits per heavy atom. The number of hydrogen-bond acceptors (Lipinski definition) is 1. The summed E-state index contributed by atoms with van der Waals surface area (Å²) in [5.41, 5.74) is 1.25. The molecule has 0 fully saturated rings. The second-order valence-corrected chi connectivity index (χ2v) is 4.16. The highest BCUT2D eigenvalue weighted by atomic mass is 35.5. The summed E-state index contributed by atoms with van der Waals surface area (Å²) in [5.74, 6) is 0. The minimum Gasteiger partial charge on any atom is -0.376 e. The van der Waals surface area contributed by atoms with Crippen molar-refractivity contribution >= 4 is 28.9 Å². The monoisotopic (exact) mass is 253 g/mol. The lowest BCUT2D eigenvalue weighted by molar-refractivity contribution is 0.131. The fraction of sp³-hybridized carbons (Fsp3) is 0.400. The first-order valence-corrected chi connectivity index (χ1v) is 5.17. The molecule has 0 aliphatic rings. The summed E-state index contributed by atoms with van der Waals surface area (Å²) in [7, 11) is 0. The van der Waals surface area contributed by atoms with Gasteiger partial charge in [0, 0.05) is 5.02 Å². The smallest absolute Gasteiger partial charge is 0.258 e. The van der Waals surface area contributed by atoms with Gasteiger partial charge in [0.1, 0.15) is 0 Å². The van der Waals surface area contributed by atoms with Crippen LogP contribution in [0.5, 0.6) is 0 Å². The van der Waals surface area contributed by atoms with Gasteiger partial charge in [-0.25, -0.2) is 8.78 Å². The number of rotatable bonds is 3. The molecule has 0 heterocycles. The summed E-state index contributed by atoms with van der Waals surface area (Å²) in [5, 5.41) is 3.51. The van der Waals surface area contributed by atoms with Gasteiger partial charge in [-0.05, 0) is 31.5 Å². The van der Waals surface area contributed by atoms with Crippen molar-refractivity contribution in [3.05, 3.63) is 27.7 Å². The molecule has 1 nitrogen and oxygen atoms in total. The maximum atomic E-state index is 12.3. The number of hydrogen-bond donors (Lipinski definition) is 1. The molecule has 5 heteroatoms. The maximum absolute atomic E-state index is 12.3. The summed E-state index contributed by atoms with van der Waals surface area (Å²) < 4.78 is 24.6. The van der Waals surface area contributed by atoms with Crippen LogP contribution >= 0.6 is 23.2 Å². The molecule has 15 heavy (non-hydrogen) atoms. The Labute approximate surface area is 97.4 Å². The predicted molar refractivity (Wildman–Crippen MR) is 60.3 cm³/mol. The molecule has 1 rings (SSSR count). The van der Waals surface area contributed by atoms with Crippen LogP contribution in [-0.2, 0) is 0 Å². The van der Waals surface area contributed by atoms with Crippen molar-refractivity contribution in [3.63, 3.8) is 0 Å². The topological polar surface area (TPSA) is 12.0 Å².